The number of carbonyl (C=O) groups is 2. The summed E-state index contributed by atoms with van der Waals surface area (Å²) in [5.74, 6) is -0.580. The number of nitrogens with one attached hydrogen (secondary N) is 1. The van der Waals surface area contributed by atoms with Crippen LogP contribution < -0.4 is 11.1 Å². The molecular formula is C10H22Cl2N2O4. The monoisotopic (exact) mass is 304 g/mol. The van der Waals surface area contributed by atoms with Crippen LogP contribution in [0.4, 0.5) is 4.79 Å². The third-order valence-corrected chi connectivity index (χ3v) is 1.76. The van der Waals surface area contributed by atoms with Gasteiger partial charge in [0.25, 0.3) is 0 Å². The Morgan fingerprint density at radius 3 is 2.00 bits per heavy atom. The fourth-order valence-electron chi connectivity index (χ4n) is 0.923. The molecule has 110 valence electrons. The topological polar surface area (TPSA) is 90.6 Å². The van der Waals surface area contributed by atoms with E-state index in [9.17, 15) is 9.59 Å². The molecule has 6 nitrogen and oxygen atoms in total. The van der Waals surface area contributed by atoms with E-state index in [1.807, 2.05) is 0 Å². The second kappa shape index (κ2) is 9.24. The molecule has 0 aromatic heterocycles. The Hall–Kier alpha value is -0.720. The zero-order valence-electron chi connectivity index (χ0n) is 11.2. The lowest BCUT2D eigenvalue weighted by Gasteiger charge is -2.23. The quantitative estimate of drug-likeness (QED) is 0.766. The molecule has 0 unspecified atom stereocenters. The third-order valence-electron chi connectivity index (χ3n) is 1.76. The molecule has 0 aromatic rings. The minimum atomic E-state index is -0.905. The number of nitrogens with two attached hydrogens (primary N) is 1. The number of hydrogen-bond donors (Lipinski definition) is 2. The van der Waals surface area contributed by atoms with Crippen molar-refractivity contribution in [2.45, 2.75) is 45.4 Å². The van der Waals surface area contributed by atoms with E-state index in [4.69, 9.17) is 10.5 Å². The summed E-state index contributed by atoms with van der Waals surface area (Å²) in [5.41, 5.74) is 4.95. The van der Waals surface area contributed by atoms with Crippen molar-refractivity contribution in [3.63, 3.8) is 0 Å². The lowest BCUT2D eigenvalue weighted by molar-refractivity contribution is -0.142. The van der Waals surface area contributed by atoms with E-state index in [2.05, 4.69) is 10.1 Å². The number of esters is 1. The molecule has 0 aliphatic rings. The highest BCUT2D eigenvalue weighted by Crippen LogP contribution is 2.07. The first-order chi connectivity index (χ1) is 7.17. The highest BCUT2D eigenvalue weighted by Gasteiger charge is 2.25. The summed E-state index contributed by atoms with van der Waals surface area (Å²) in [7, 11) is 1.24. The van der Waals surface area contributed by atoms with E-state index < -0.39 is 29.7 Å². The molecule has 0 spiro atoms. The Labute approximate surface area is 120 Å². The van der Waals surface area contributed by atoms with Gasteiger partial charge >= 0.3 is 12.1 Å². The summed E-state index contributed by atoms with van der Waals surface area (Å²) in [6.45, 7) is 6.85. The predicted molar refractivity (Wildman–Crippen MR) is 73.3 cm³/mol. The van der Waals surface area contributed by atoms with Gasteiger partial charge in [-0.1, -0.05) is 0 Å². The Balaban J connectivity index is -0.00000112. The maximum absolute atomic E-state index is 11.3. The SMILES string of the molecule is COC(=O)[C@@H](N)[C@@H](C)NC(=O)OC(C)(C)C.Cl.Cl. The molecule has 18 heavy (non-hydrogen) atoms. The lowest BCUT2D eigenvalue weighted by atomic mass is 10.1. The second-order valence-corrected chi connectivity index (χ2v) is 4.48. The lowest BCUT2D eigenvalue weighted by Crippen LogP contribution is -2.51. The number of carbonyl (C=O) groups excluding carboxylic acids is 2. The molecular weight excluding hydrogens is 283 g/mol. The van der Waals surface area contributed by atoms with Crippen molar-refractivity contribution in [1.82, 2.24) is 5.32 Å². The number of methoxy groups -OCH3 is 1. The largest absolute Gasteiger partial charge is 0.468 e. The first-order valence-corrected chi connectivity index (χ1v) is 5.00. The van der Waals surface area contributed by atoms with Gasteiger partial charge in [-0.3, -0.25) is 4.79 Å². The first kappa shape index (κ1) is 22.5. The van der Waals surface area contributed by atoms with Gasteiger partial charge in [0.2, 0.25) is 0 Å². The molecule has 1 amide bonds. The molecule has 0 aliphatic heterocycles. The molecule has 0 fully saturated rings. The average molecular weight is 305 g/mol. The van der Waals surface area contributed by atoms with Crippen LogP contribution >= 0.6 is 24.8 Å². The van der Waals surface area contributed by atoms with Gasteiger partial charge in [-0.25, -0.2) is 4.79 Å². The van der Waals surface area contributed by atoms with Crippen molar-refractivity contribution >= 4 is 36.9 Å². The molecule has 2 atom stereocenters. The minimum Gasteiger partial charge on any atom is -0.468 e. The van der Waals surface area contributed by atoms with Crippen LogP contribution in [0.15, 0.2) is 0 Å². The van der Waals surface area contributed by atoms with E-state index in [0.29, 0.717) is 0 Å². The summed E-state index contributed by atoms with van der Waals surface area (Å²) >= 11 is 0. The van der Waals surface area contributed by atoms with Crippen molar-refractivity contribution in [2.24, 2.45) is 5.73 Å². The van der Waals surface area contributed by atoms with E-state index in [1.165, 1.54) is 7.11 Å². The molecule has 8 heteroatoms. The Kier molecular flexibility index (Phi) is 11.5. The maximum Gasteiger partial charge on any atom is 0.407 e. The summed E-state index contributed by atoms with van der Waals surface area (Å²) < 4.78 is 9.47. The maximum atomic E-state index is 11.3. The van der Waals surface area contributed by atoms with Crippen LogP contribution in [0.5, 0.6) is 0 Å². The van der Waals surface area contributed by atoms with Gasteiger partial charge < -0.3 is 20.5 Å². The van der Waals surface area contributed by atoms with Crippen LogP contribution in [-0.2, 0) is 14.3 Å². The van der Waals surface area contributed by atoms with Gasteiger partial charge in [-0.05, 0) is 27.7 Å². The summed E-state index contributed by atoms with van der Waals surface area (Å²) in [6.07, 6.45) is -0.612. The molecule has 0 aromatic carbocycles. The molecule has 3 N–H and O–H groups in total. The summed E-state index contributed by atoms with van der Waals surface area (Å²) in [5, 5.41) is 2.46. The smallest absolute Gasteiger partial charge is 0.407 e. The summed E-state index contributed by atoms with van der Waals surface area (Å²) in [6, 6.07) is -1.46. The Morgan fingerprint density at radius 1 is 1.22 bits per heavy atom. The molecule has 0 heterocycles. The Morgan fingerprint density at radius 2 is 1.67 bits per heavy atom. The Bertz CT molecular complexity index is 269. The van der Waals surface area contributed by atoms with Crippen LogP contribution in [-0.4, -0.2) is 36.9 Å². The number of ether oxygens (including phenoxy) is 2. The van der Waals surface area contributed by atoms with E-state index in [0.717, 1.165) is 0 Å². The second-order valence-electron chi connectivity index (χ2n) is 4.48. The molecule has 0 saturated carbocycles. The van der Waals surface area contributed by atoms with E-state index in [1.54, 1.807) is 27.7 Å². The van der Waals surface area contributed by atoms with Crippen LogP contribution in [0.1, 0.15) is 27.7 Å². The highest BCUT2D eigenvalue weighted by atomic mass is 35.5. The van der Waals surface area contributed by atoms with Crippen molar-refractivity contribution in [3.05, 3.63) is 0 Å². The predicted octanol–water partition coefficient (Wildman–Crippen LogP) is 1.24. The zero-order chi connectivity index (χ0) is 12.9. The number of alkyl carbamates (subject to hydrolysis) is 1. The normalized spacial score (nSPS) is 13.2. The minimum absolute atomic E-state index is 0. The van der Waals surface area contributed by atoms with Gasteiger partial charge in [-0.15, -0.1) is 24.8 Å². The third kappa shape index (κ3) is 9.32. The standard InChI is InChI=1S/C10H20N2O4.2ClH/c1-6(7(11)8(13)15-5)12-9(14)16-10(2,3)4;;/h6-7H,11H2,1-5H3,(H,12,14);2*1H/t6-,7+;;/m1../s1. The van der Waals surface area contributed by atoms with Crippen LogP contribution in [0, 0.1) is 0 Å². The molecule has 0 saturated heterocycles. The molecule has 0 aliphatic carbocycles. The van der Waals surface area contributed by atoms with Gasteiger partial charge in [0.15, 0.2) is 0 Å². The summed E-state index contributed by atoms with van der Waals surface area (Å²) in [4.78, 5) is 22.4. The number of halogens is 2. The van der Waals surface area contributed by atoms with Gasteiger partial charge in [0, 0.05) is 0 Å². The van der Waals surface area contributed by atoms with E-state index >= 15 is 0 Å². The van der Waals surface area contributed by atoms with E-state index in [-0.39, 0.29) is 24.8 Å². The highest BCUT2D eigenvalue weighted by molar-refractivity contribution is 5.85. The van der Waals surface area contributed by atoms with Crippen LogP contribution in [0.25, 0.3) is 0 Å². The number of rotatable bonds is 3. The van der Waals surface area contributed by atoms with Gasteiger partial charge in [0.1, 0.15) is 11.6 Å². The van der Waals surface area contributed by atoms with Crippen LogP contribution in [0.3, 0.4) is 0 Å². The molecule has 0 radical (unpaired) electrons. The fourth-order valence-corrected chi connectivity index (χ4v) is 0.923. The van der Waals surface area contributed by atoms with Crippen molar-refractivity contribution in [3.8, 4) is 0 Å². The number of hydrogen-bond acceptors (Lipinski definition) is 5. The fraction of sp³-hybridized carbons (Fsp3) is 0.800. The average Bonchev–Trinajstić information content (AvgIpc) is 2.12. The first-order valence-electron chi connectivity index (χ1n) is 5.00. The molecule has 0 bridgehead atoms. The van der Waals surface area contributed by atoms with Gasteiger partial charge in [0.05, 0.1) is 13.2 Å². The van der Waals surface area contributed by atoms with Crippen molar-refractivity contribution < 1.29 is 19.1 Å². The van der Waals surface area contributed by atoms with Gasteiger partial charge in [-0.2, -0.15) is 0 Å². The van der Waals surface area contributed by atoms with Crippen LogP contribution in [0.2, 0.25) is 0 Å². The number of amides is 1. The van der Waals surface area contributed by atoms with Crippen molar-refractivity contribution in [2.75, 3.05) is 7.11 Å². The van der Waals surface area contributed by atoms with Crippen molar-refractivity contribution in [1.29, 1.82) is 0 Å². The molecule has 0 rings (SSSR count). The zero-order valence-corrected chi connectivity index (χ0v) is 12.8.